The first-order valence-corrected chi connectivity index (χ1v) is 5.29. The molecule has 0 radical (unpaired) electrons. The van der Waals surface area contributed by atoms with Gasteiger partial charge < -0.3 is 21.1 Å². The van der Waals surface area contributed by atoms with E-state index in [0.29, 0.717) is 5.56 Å². The summed E-state index contributed by atoms with van der Waals surface area (Å²) < 4.78 is 6.54. The molecule has 1 saturated heterocycles. The van der Waals surface area contributed by atoms with Gasteiger partial charge >= 0.3 is 5.69 Å². The molecule has 102 valence electrons. The van der Waals surface area contributed by atoms with Crippen molar-refractivity contribution in [3.8, 4) is 0 Å². The number of aliphatic hydroxyl groups is 2. The molecular formula is C10H17N3O5. The second-order valence-electron chi connectivity index (χ2n) is 4.09. The van der Waals surface area contributed by atoms with Crippen LogP contribution in [0.3, 0.4) is 0 Å². The van der Waals surface area contributed by atoms with Crippen LogP contribution in [0.4, 0.5) is 0 Å². The maximum absolute atomic E-state index is 11.6. The number of aromatic amines is 1. The predicted octanol–water partition coefficient (Wildman–Crippen LogP) is -1.35. The van der Waals surface area contributed by atoms with Gasteiger partial charge in [0, 0.05) is 18.2 Å². The monoisotopic (exact) mass is 259 g/mol. The van der Waals surface area contributed by atoms with Crippen molar-refractivity contribution in [1.29, 1.82) is 0 Å². The first kappa shape index (κ1) is 14.6. The fraction of sp³-hybridized carbons (Fsp3) is 0.600. The summed E-state index contributed by atoms with van der Waals surface area (Å²) in [5.74, 6) is 0. The third kappa shape index (κ3) is 2.51. The van der Waals surface area contributed by atoms with Crippen LogP contribution in [0.5, 0.6) is 0 Å². The molecule has 0 spiro atoms. The van der Waals surface area contributed by atoms with Crippen LogP contribution in [0.25, 0.3) is 0 Å². The van der Waals surface area contributed by atoms with Crippen LogP contribution in [0.1, 0.15) is 18.2 Å². The number of H-pyrrole nitrogens is 1. The maximum Gasteiger partial charge on any atom is 0.330 e. The molecule has 1 aromatic rings. The van der Waals surface area contributed by atoms with Crippen LogP contribution in [0.15, 0.2) is 15.8 Å². The summed E-state index contributed by atoms with van der Waals surface area (Å²) in [6.45, 7) is 1.26. The molecule has 0 bridgehead atoms. The van der Waals surface area contributed by atoms with Gasteiger partial charge in [0.2, 0.25) is 0 Å². The molecule has 0 unspecified atom stereocenters. The predicted molar refractivity (Wildman–Crippen MR) is 62.7 cm³/mol. The SMILES string of the molecule is Cc1cn([C@H]2C[C@H](O)[C@@H](CO)O2)c(=O)[nH]c1=O.N. The molecule has 0 aromatic carbocycles. The first-order chi connectivity index (χ1) is 8.02. The molecule has 18 heavy (non-hydrogen) atoms. The fourth-order valence-electron chi connectivity index (χ4n) is 1.85. The van der Waals surface area contributed by atoms with Crippen LogP contribution in [0.2, 0.25) is 0 Å². The van der Waals surface area contributed by atoms with Crippen LogP contribution < -0.4 is 17.4 Å². The van der Waals surface area contributed by atoms with E-state index < -0.39 is 29.7 Å². The van der Waals surface area contributed by atoms with E-state index in [1.807, 2.05) is 0 Å². The second-order valence-corrected chi connectivity index (χ2v) is 4.09. The minimum atomic E-state index is -0.816. The summed E-state index contributed by atoms with van der Waals surface area (Å²) in [7, 11) is 0. The molecule has 1 fully saturated rings. The van der Waals surface area contributed by atoms with Gasteiger partial charge in [-0.05, 0) is 6.92 Å². The van der Waals surface area contributed by atoms with Crippen molar-refractivity contribution in [2.45, 2.75) is 31.8 Å². The number of hydrogen-bond donors (Lipinski definition) is 4. The van der Waals surface area contributed by atoms with Crippen LogP contribution in [-0.2, 0) is 4.74 Å². The molecule has 6 N–H and O–H groups in total. The van der Waals surface area contributed by atoms with Gasteiger partial charge in [0.1, 0.15) is 12.3 Å². The lowest BCUT2D eigenvalue weighted by Crippen LogP contribution is -2.33. The summed E-state index contributed by atoms with van der Waals surface area (Å²) in [6, 6.07) is 0. The van der Waals surface area contributed by atoms with E-state index in [0.717, 1.165) is 0 Å². The van der Waals surface area contributed by atoms with Crippen molar-refractivity contribution >= 4 is 0 Å². The van der Waals surface area contributed by atoms with E-state index in [2.05, 4.69) is 4.98 Å². The van der Waals surface area contributed by atoms with Gasteiger partial charge in [0.25, 0.3) is 5.56 Å². The van der Waals surface area contributed by atoms with Gasteiger partial charge in [-0.1, -0.05) is 0 Å². The molecule has 2 heterocycles. The molecule has 3 atom stereocenters. The molecular weight excluding hydrogens is 242 g/mol. The summed E-state index contributed by atoms with van der Waals surface area (Å²) in [5.41, 5.74) is -0.643. The molecule has 0 saturated carbocycles. The number of ether oxygens (including phenoxy) is 1. The van der Waals surface area contributed by atoms with Gasteiger partial charge in [0.05, 0.1) is 12.7 Å². The van der Waals surface area contributed by atoms with Crippen molar-refractivity contribution in [3.63, 3.8) is 0 Å². The first-order valence-electron chi connectivity index (χ1n) is 5.29. The number of aliphatic hydroxyl groups excluding tert-OH is 2. The topological polar surface area (TPSA) is 140 Å². The molecule has 1 aliphatic rings. The van der Waals surface area contributed by atoms with E-state index >= 15 is 0 Å². The van der Waals surface area contributed by atoms with E-state index in [1.54, 1.807) is 6.92 Å². The van der Waals surface area contributed by atoms with Crippen LogP contribution in [-0.4, -0.2) is 38.6 Å². The van der Waals surface area contributed by atoms with E-state index in [-0.39, 0.29) is 19.2 Å². The lowest BCUT2D eigenvalue weighted by molar-refractivity contribution is -0.0459. The highest BCUT2D eigenvalue weighted by atomic mass is 16.5. The third-order valence-electron chi connectivity index (χ3n) is 2.84. The Kier molecular flexibility index (Phi) is 4.41. The Hall–Kier alpha value is -1.48. The van der Waals surface area contributed by atoms with Crippen molar-refractivity contribution in [2.24, 2.45) is 0 Å². The Morgan fingerprint density at radius 1 is 1.56 bits per heavy atom. The summed E-state index contributed by atoms with van der Waals surface area (Å²) in [6.07, 6.45) is -0.581. The Balaban J connectivity index is 0.00000162. The van der Waals surface area contributed by atoms with Gasteiger partial charge in [-0.2, -0.15) is 0 Å². The average molecular weight is 259 g/mol. The molecule has 8 heteroatoms. The van der Waals surface area contributed by atoms with E-state index in [4.69, 9.17) is 9.84 Å². The lowest BCUT2D eigenvalue weighted by atomic mass is 10.2. The number of nitrogens with one attached hydrogen (secondary N) is 1. The van der Waals surface area contributed by atoms with E-state index in [9.17, 15) is 14.7 Å². The summed E-state index contributed by atoms with van der Waals surface area (Å²) >= 11 is 0. The molecule has 0 amide bonds. The van der Waals surface area contributed by atoms with Gasteiger partial charge in [-0.25, -0.2) is 4.79 Å². The van der Waals surface area contributed by atoms with Gasteiger partial charge in [-0.3, -0.25) is 14.3 Å². The normalized spacial score (nSPS) is 26.9. The standard InChI is InChI=1S/C10H14N2O5.H3N/c1-5-3-12(10(16)11-9(5)15)8-2-6(14)7(4-13)17-8;/h3,6-8,13-14H,2,4H2,1H3,(H,11,15,16);1H3/t6-,7+,8+;/m0./s1. The van der Waals surface area contributed by atoms with Crippen molar-refractivity contribution in [1.82, 2.24) is 15.7 Å². The third-order valence-corrected chi connectivity index (χ3v) is 2.84. The fourth-order valence-corrected chi connectivity index (χ4v) is 1.85. The average Bonchev–Trinajstić information content (AvgIpc) is 2.65. The van der Waals surface area contributed by atoms with Crippen molar-refractivity contribution < 1.29 is 14.9 Å². The zero-order valence-corrected chi connectivity index (χ0v) is 10.00. The summed E-state index contributed by atoms with van der Waals surface area (Å²) in [4.78, 5) is 24.9. The minimum Gasteiger partial charge on any atom is -0.394 e. The molecule has 1 aromatic heterocycles. The Bertz CT molecular complexity index is 523. The quantitative estimate of drug-likeness (QED) is 0.517. The smallest absolute Gasteiger partial charge is 0.330 e. The molecule has 1 aliphatic heterocycles. The van der Waals surface area contributed by atoms with Crippen LogP contribution in [0, 0.1) is 6.92 Å². The van der Waals surface area contributed by atoms with Gasteiger partial charge in [0.15, 0.2) is 0 Å². The zero-order valence-electron chi connectivity index (χ0n) is 10.00. The van der Waals surface area contributed by atoms with Crippen molar-refractivity contribution in [3.05, 3.63) is 32.6 Å². The maximum atomic E-state index is 11.6. The lowest BCUT2D eigenvalue weighted by Gasteiger charge is -2.14. The number of hydrogen-bond acceptors (Lipinski definition) is 6. The number of aromatic nitrogens is 2. The van der Waals surface area contributed by atoms with Crippen molar-refractivity contribution in [2.75, 3.05) is 6.61 Å². The minimum absolute atomic E-state index is 0. The highest BCUT2D eigenvalue weighted by molar-refractivity contribution is 5.02. The highest BCUT2D eigenvalue weighted by Gasteiger charge is 2.34. The number of nitrogens with zero attached hydrogens (tertiary/aromatic N) is 1. The summed E-state index contributed by atoms with van der Waals surface area (Å²) in [5, 5.41) is 18.5. The molecule has 0 aliphatic carbocycles. The largest absolute Gasteiger partial charge is 0.394 e. The van der Waals surface area contributed by atoms with Gasteiger partial charge in [-0.15, -0.1) is 0 Å². The molecule has 8 nitrogen and oxygen atoms in total. The zero-order chi connectivity index (χ0) is 12.6. The van der Waals surface area contributed by atoms with E-state index in [1.165, 1.54) is 10.8 Å². The Morgan fingerprint density at radius 3 is 2.78 bits per heavy atom. The van der Waals surface area contributed by atoms with Crippen LogP contribution >= 0.6 is 0 Å². The Morgan fingerprint density at radius 2 is 2.22 bits per heavy atom. The number of rotatable bonds is 2. The molecule has 2 rings (SSSR count). The number of aryl methyl sites for hydroxylation is 1. The highest BCUT2D eigenvalue weighted by Crippen LogP contribution is 2.27. The Labute approximate surface area is 102 Å². The second kappa shape index (κ2) is 5.44.